The maximum Gasteiger partial charge on any atom is 0.285 e. The topological polar surface area (TPSA) is 125 Å². The molecule has 2 rings (SSSR count). The largest absolute Gasteiger partial charge is 0.493 e. The summed E-state index contributed by atoms with van der Waals surface area (Å²) in [6.07, 6.45) is 3.01. The van der Waals surface area contributed by atoms with Gasteiger partial charge in [-0.2, -0.15) is 0 Å². The van der Waals surface area contributed by atoms with Crippen molar-refractivity contribution in [3.8, 4) is 11.5 Å². The van der Waals surface area contributed by atoms with Gasteiger partial charge in [-0.25, -0.2) is 0 Å². The minimum atomic E-state index is -0.744. The van der Waals surface area contributed by atoms with Crippen LogP contribution in [-0.4, -0.2) is 37.0 Å². The second-order valence-corrected chi connectivity index (χ2v) is 5.94. The molecule has 0 fully saturated rings. The van der Waals surface area contributed by atoms with Crippen LogP contribution in [0.4, 0.5) is 17.1 Å². The van der Waals surface area contributed by atoms with E-state index in [1.54, 1.807) is 24.3 Å². The molecule has 0 aromatic heterocycles. The summed E-state index contributed by atoms with van der Waals surface area (Å²) in [4.78, 5) is 34.2. The fraction of sp³-hybridized carbons (Fsp3) is 0.211. The first kappa shape index (κ1) is 21.4. The third-order valence-corrected chi connectivity index (χ3v) is 4.21. The van der Waals surface area contributed by atoms with Gasteiger partial charge >= 0.3 is 0 Å². The molecule has 10 heteroatoms. The molecule has 152 valence electrons. The lowest BCUT2D eigenvalue weighted by atomic mass is 10.1. The highest BCUT2D eigenvalue weighted by Crippen LogP contribution is 2.36. The van der Waals surface area contributed by atoms with Crippen molar-refractivity contribution in [2.75, 3.05) is 26.2 Å². The highest BCUT2D eigenvalue weighted by molar-refractivity contribution is 5.96. The van der Waals surface area contributed by atoms with Crippen LogP contribution in [-0.2, 0) is 4.79 Å². The number of ether oxygens (including phenoxy) is 2. The van der Waals surface area contributed by atoms with Crippen LogP contribution in [0.1, 0.15) is 18.1 Å². The Morgan fingerprint density at radius 2 is 1.66 bits per heavy atom. The number of hydrogen-bond donors (Lipinski definition) is 0. The maximum atomic E-state index is 11.8. The summed E-state index contributed by atoms with van der Waals surface area (Å²) in [6.45, 7) is 1.26. The van der Waals surface area contributed by atoms with Crippen molar-refractivity contribution < 1.29 is 24.1 Å². The molecule has 2 aromatic rings. The Balaban J connectivity index is 2.66. The van der Waals surface area contributed by atoms with E-state index in [9.17, 15) is 25.0 Å². The summed E-state index contributed by atoms with van der Waals surface area (Å²) in [6, 6.07) is 7.05. The Morgan fingerprint density at radius 1 is 1.00 bits per heavy atom. The van der Waals surface area contributed by atoms with Crippen LogP contribution in [0.2, 0.25) is 0 Å². The zero-order chi connectivity index (χ0) is 21.7. The zero-order valence-electron chi connectivity index (χ0n) is 16.2. The van der Waals surface area contributed by atoms with Crippen molar-refractivity contribution in [2.45, 2.75) is 6.92 Å². The predicted octanol–water partition coefficient (Wildman–Crippen LogP) is 3.67. The number of nitro groups is 2. The molecule has 0 saturated heterocycles. The molecule has 2 aromatic carbocycles. The summed E-state index contributed by atoms with van der Waals surface area (Å²) in [7, 11) is 4.36. The van der Waals surface area contributed by atoms with Gasteiger partial charge in [0.2, 0.25) is 5.91 Å². The molecule has 0 aliphatic heterocycles. The first-order valence-electron chi connectivity index (χ1n) is 8.30. The number of carbonyl (C=O) groups excluding carboxylic acids is 1. The van der Waals surface area contributed by atoms with Crippen molar-refractivity contribution in [3.05, 3.63) is 61.7 Å². The van der Waals surface area contributed by atoms with Crippen molar-refractivity contribution >= 4 is 35.1 Å². The average Bonchev–Trinajstić information content (AvgIpc) is 2.70. The summed E-state index contributed by atoms with van der Waals surface area (Å²) in [5, 5.41) is 22.7. The first-order chi connectivity index (χ1) is 13.7. The number of hydrogen-bond acceptors (Lipinski definition) is 7. The van der Waals surface area contributed by atoms with Crippen LogP contribution < -0.4 is 14.4 Å². The number of methoxy groups -OCH3 is 2. The number of carbonyl (C=O) groups is 1. The number of nitrogens with zero attached hydrogens (tertiary/aromatic N) is 3. The molecule has 0 aliphatic carbocycles. The molecular formula is C19H19N3O7. The van der Waals surface area contributed by atoms with Crippen molar-refractivity contribution in [1.29, 1.82) is 0 Å². The fourth-order valence-corrected chi connectivity index (χ4v) is 2.62. The Morgan fingerprint density at radius 3 is 2.17 bits per heavy atom. The number of rotatable bonds is 7. The van der Waals surface area contributed by atoms with E-state index < -0.39 is 27.1 Å². The summed E-state index contributed by atoms with van der Waals surface area (Å²) in [5.74, 6) is 0.553. The van der Waals surface area contributed by atoms with Crippen molar-refractivity contribution in [1.82, 2.24) is 0 Å². The average molecular weight is 401 g/mol. The molecular weight excluding hydrogens is 382 g/mol. The summed E-state index contributed by atoms with van der Waals surface area (Å²) < 4.78 is 10.4. The lowest BCUT2D eigenvalue weighted by Gasteiger charge is -2.17. The standard InChI is InChI=1S/C19H19N3O7/c1-12(23)20(2)16-10-14(21(24)25)11-17(22(26)27)15(16)7-5-13-6-8-18(28-3)19(9-13)29-4/h5-11H,1-4H3. The van der Waals surface area contributed by atoms with Crippen LogP contribution in [0.25, 0.3) is 12.2 Å². The zero-order valence-corrected chi connectivity index (χ0v) is 16.2. The molecule has 0 aliphatic rings. The molecule has 0 heterocycles. The van der Waals surface area contributed by atoms with Gasteiger partial charge in [-0.05, 0) is 23.8 Å². The fourth-order valence-electron chi connectivity index (χ4n) is 2.62. The molecule has 29 heavy (non-hydrogen) atoms. The van der Waals surface area contributed by atoms with E-state index in [0.717, 1.165) is 17.0 Å². The third kappa shape index (κ3) is 4.67. The van der Waals surface area contributed by atoms with Gasteiger partial charge in [0.1, 0.15) is 0 Å². The van der Waals surface area contributed by atoms with E-state index in [-0.39, 0.29) is 11.3 Å². The Hall–Kier alpha value is -3.95. The third-order valence-electron chi connectivity index (χ3n) is 4.21. The quantitative estimate of drug-likeness (QED) is 0.394. The van der Waals surface area contributed by atoms with Crippen LogP contribution in [0.15, 0.2) is 30.3 Å². The smallest absolute Gasteiger partial charge is 0.285 e. The molecule has 1 amide bonds. The van der Waals surface area contributed by atoms with E-state index >= 15 is 0 Å². The second kappa shape index (κ2) is 8.83. The van der Waals surface area contributed by atoms with E-state index in [4.69, 9.17) is 9.47 Å². The minimum Gasteiger partial charge on any atom is -0.493 e. The highest BCUT2D eigenvalue weighted by atomic mass is 16.6. The van der Waals surface area contributed by atoms with Crippen molar-refractivity contribution in [3.63, 3.8) is 0 Å². The van der Waals surface area contributed by atoms with E-state index in [1.165, 1.54) is 34.3 Å². The van der Waals surface area contributed by atoms with Crippen molar-refractivity contribution in [2.24, 2.45) is 0 Å². The van der Waals surface area contributed by atoms with Crippen LogP contribution in [0, 0.1) is 20.2 Å². The monoisotopic (exact) mass is 401 g/mol. The first-order valence-corrected chi connectivity index (χ1v) is 8.30. The van der Waals surface area contributed by atoms with E-state index in [0.29, 0.717) is 17.1 Å². The molecule has 0 unspecified atom stereocenters. The molecule has 10 nitrogen and oxygen atoms in total. The lowest BCUT2D eigenvalue weighted by molar-refractivity contribution is -0.394. The number of benzene rings is 2. The number of anilines is 1. The van der Waals surface area contributed by atoms with Gasteiger partial charge in [-0.1, -0.05) is 12.1 Å². The molecule has 0 atom stereocenters. The highest BCUT2D eigenvalue weighted by Gasteiger charge is 2.25. The molecule has 0 bridgehead atoms. The molecule has 0 N–H and O–H groups in total. The lowest BCUT2D eigenvalue weighted by Crippen LogP contribution is -2.24. The Kier molecular flexibility index (Phi) is 6.50. The summed E-state index contributed by atoms with van der Waals surface area (Å²) in [5.41, 5.74) is -0.211. The summed E-state index contributed by atoms with van der Waals surface area (Å²) >= 11 is 0. The second-order valence-electron chi connectivity index (χ2n) is 5.94. The molecule has 0 spiro atoms. The number of amides is 1. The number of non-ortho nitro benzene ring substituents is 1. The van der Waals surface area contributed by atoms with Gasteiger partial charge < -0.3 is 14.4 Å². The van der Waals surface area contributed by atoms with Gasteiger partial charge in [-0.15, -0.1) is 0 Å². The van der Waals surface area contributed by atoms with Gasteiger partial charge in [0.15, 0.2) is 11.5 Å². The van der Waals surface area contributed by atoms with Gasteiger partial charge in [0.05, 0.1) is 41.4 Å². The van der Waals surface area contributed by atoms with Gasteiger partial charge in [-0.3, -0.25) is 25.0 Å². The van der Waals surface area contributed by atoms with Crippen LogP contribution in [0.5, 0.6) is 11.5 Å². The Bertz CT molecular complexity index is 1000. The SMILES string of the molecule is COc1ccc(C=Cc2c(N(C)C(C)=O)cc([N+](=O)[O-])cc2[N+](=O)[O-])cc1OC. The normalized spacial score (nSPS) is 10.6. The van der Waals surface area contributed by atoms with Crippen LogP contribution in [0.3, 0.4) is 0 Å². The molecule has 0 saturated carbocycles. The predicted molar refractivity (Wildman–Crippen MR) is 107 cm³/mol. The van der Waals surface area contributed by atoms with Gasteiger partial charge in [0, 0.05) is 20.0 Å². The maximum absolute atomic E-state index is 11.8. The van der Waals surface area contributed by atoms with E-state index in [1.807, 2.05) is 0 Å². The minimum absolute atomic E-state index is 0.0510. The van der Waals surface area contributed by atoms with E-state index in [2.05, 4.69) is 0 Å². The van der Waals surface area contributed by atoms with Crippen LogP contribution >= 0.6 is 0 Å². The molecule has 0 radical (unpaired) electrons. The number of nitro benzene ring substituents is 2. The van der Waals surface area contributed by atoms with Gasteiger partial charge in [0.25, 0.3) is 11.4 Å². The Labute approximate surface area is 166 Å².